The first kappa shape index (κ1) is 20.2. The van der Waals surface area contributed by atoms with Crippen LogP contribution < -0.4 is 11.1 Å². The number of imide groups is 1. The van der Waals surface area contributed by atoms with E-state index in [-0.39, 0.29) is 23.9 Å². The molecule has 0 aromatic carbocycles. The second-order valence-electron chi connectivity index (χ2n) is 7.41. The Kier molecular flexibility index (Phi) is 6.22. The predicted octanol–water partition coefficient (Wildman–Crippen LogP) is -0.293. The van der Waals surface area contributed by atoms with E-state index in [0.29, 0.717) is 32.2 Å². The quantitative estimate of drug-likeness (QED) is 0.692. The molecule has 2 rings (SSSR count). The predicted molar refractivity (Wildman–Crippen MR) is 94.6 cm³/mol. The average Bonchev–Trinajstić information content (AvgIpc) is 3.15. The van der Waals surface area contributed by atoms with Crippen LogP contribution in [0.15, 0.2) is 0 Å². The molecule has 3 N–H and O–H groups in total. The van der Waals surface area contributed by atoms with Crippen LogP contribution >= 0.6 is 0 Å². The molecule has 146 valence electrons. The lowest BCUT2D eigenvalue weighted by Gasteiger charge is -2.35. The molecule has 2 fully saturated rings. The number of nitrogens with zero attached hydrogens (tertiary/aromatic N) is 3. The largest absolute Gasteiger partial charge is 0.368 e. The zero-order valence-electron chi connectivity index (χ0n) is 15.9. The Hall–Kier alpha value is -2.16. The smallest absolute Gasteiger partial charge is 0.324 e. The van der Waals surface area contributed by atoms with E-state index in [0.717, 1.165) is 4.90 Å². The van der Waals surface area contributed by atoms with Gasteiger partial charge in [-0.25, -0.2) is 4.79 Å². The Morgan fingerprint density at radius 2 is 1.96 bits per heavy atom. The van der Waals surface area contributed by atoms with Crippen molar-refractivity contribution in [1.29, 1.82) is 0 Å². The van der Waals surface area contributed by atoms with Gasteiger partial charge in [0.2, 0.25) is 17.7 Å². The summed E-state index contributed by atoms with van der Waals surface area (Å²) < 4.78 is 0. The first-order valence-corrected chi connectivity index (χ1v) is 9.06. The number of amides is 5. The van der Waals surface area contributed by atoms with Crippen molar-refractivity contribution in [2.75, 3.05) is 20.6 Å². The normalized spacial score (nSPS) is 27.1. The fourth-order valence-corrected chi connectivity index (χ4v) is 3.71. The van der Waals surface area contributed by atoms with Crippen molar-refractivity contribution >= 4 is 23.8 Å². The number of nitrogens with one attached hydrogen (secondary N) is 1. The summed E-state index contributed by atoms with van der Waals surface area (Å²) in [4.78, 5) is 53.7. The highest BCUT2D eigenvalue weighted by molar-refractivity contribution is 5.98. The van der Waals surface area contributed by atoms with Gasteiger partial charge in [0.1, 0.15) is 12.1 Å². The van der Waals surface area contributed by atoms with E-state index in [1.165, 1.54) is 4.90 Å². The maximum absolute atomic E-state index is 13.1. The molecule has 0 spiro atoms. The summed E-state index contributed by atoms with van der Waals surface area (Å²) in [5.74, 6) is -1.02. The number of nitrogens with two attached hydrogens (primary N) is 1. The molecule has 2 aliphatic heterocycles. The standard InChI is InChI=1S/C17H29N5O4/c1-5-11(19-17(26)21-9-10(2)8-14(21)23)16(25)22-12(15(18)24)6-7-13(22)20(3)4/h10-13H,5-9H2,1-4H3,(H2,18,24)(H,19,26)/t10?,11-,12-,13?/m0/s1. The summed E-state index contributed by atoms with van der Waals surface area (Å²) in [7, 11) is 3.66. The number of primary amides is 1. The Balaban J connectivity index is 2.14. The Morgan fingerprint density at radius 1 is 1.31 bits per heavy atom. The monoisotopic (exact) mass is 367 g/mol. The number of urea groups is 1. The number of likely N-dealkylation sites (tertiary alicyclic amines) is 2. The molecule has 2 unspecified atom stereocenters. The van der Waals surface area contributed by atoms with Crippen molar-refractivity contribution in [1.82, 2.24) is 20.0 Å². The van der Waals surface area contributed by atoms with Crippen molar-refractivity contribution in [3.05, 3.63) is 0 Å². The van der Waals surface area contributed by atoms with Crippen molar-refractivity contribution in [2.45, 2.75) is 57.8 Å². The molecule has 2 saturated heterocycles. The zero-order chi connectivity index (χ0) is 19.6. The lowest BCUT2D eigenvalue weighted by Crippen LogP contribution is -2.58. The van der Waals surface area contributed by atoms with Crippen LogP contribution in [0.1, 0.15) is 39.5 Å². The summed E-state index contributed by atoms with van der Waals surface area (Å²) in [5.41, 5.74) is 5.47. The van der Waals surface area contributed by atoms with Gasteiger partial charge in [-0.1, -0.05) is 13.8 Å². The topological polar surface area (TPSA) is 116 Å². The molecular formula is C17H29N5O4. The fraction of sp³-hybridized carbons (Fsp3) is 0.765. The van der Waals surface area contributed by atoms with E-state index in [2.05, 4.69) is 5.32 Å². The molecule has 9 heteroatoms. The average molecular weight is 367 g/mol. The molecule has 0 aromatic rings. The van der Waals surface area contributed by atoms with Gasteiger partial charge in [0.05, 0.1) is 6.17 Å². The minimum absolute atomic E-state index is 0.111. The number of hydrogen-bond donors (Lipinski definition) is 2. The van der Waals surface area contributed by atoms with Crippen LogP contribution in [0.25, 0.3) is 0 Å². The SMILES string of the molecule is CC[C@H](NC(=O)N1CC(C)CC1=O)C(=O)N1C(N(C)C)CC[C@H]1C(N)=O. The first-order valence-electron chi connectivity index (χ1n) is 9.06. The molecule has 0 aliphatic carbocycles. The highest BCUT2D eigenvalue weighted by Crippen LogP contribution is 2.27. The van der Waals surface area contributed by atoms with Crippen LogP contribution in [0.3, 0.4) is 0 Å². The lowest BCUT2D eigenvalue weighted by atomic mass is 10.1. The van der Waals surface area contributed by atoms with E-state index in [4.69, 9.17) is 5.73 Å². The molecule has 0 bridgehead atoms. The maximum atomic E-state index is 13.1. The van der Waals surface area contributed by atoms with Crippen molar-refractivity contribution in [3.63, 3.8) is 0 Å². The third-order valence-corrected chi connectivity index (χ3v) is 5.10. The summed E-state index contributed by atoms with van der Waals surface area (Å²) >= 11 is 0. The van der Waals surface area contributed by atoms with E-state index in [1.807, 2.05) is 25.9 Å². The summed E-state index contributed by atoms with van der Waals surface area (Å²) in [6.07, 6.45) is 1.57. The van der Waals surface area contributed by atoms with Gasteiger partial charge >= 0.3 is 6.03 Å². The zero-order valence-corrected chi connectivity index (χ0v) is 15.9. The Morgan fingerprint density at radius 3 is 2.42 bits per heavy atom. The van der Waals surface area contributed by atoms with Gasteiger partial charge in [0, 0.05) is 13.0 Å². The van der Waals surface area contributed by atoms with Crippen molar-refractivity contribution in [2.24, 2.45) is 11.7 Å². The van der Waals surface area contributed by atoms with Gasteiger partial charge in [-0.2, -0.15) is 0 Å². The van der Waals surface area contributed by atoms with E-state index >= 15 is 0 Å². The highest BCUT2D eigenvalue weighted by atomic mass is 16.2. The number of carbonyl (C=O) groups is 4. The van der Waals surface area contributed by atoms with Crippen LogP contribution in [0.5, 0.6) is 0 Å². The summed E-state index contributed by atoms with van der Waals surface area (Å²) in [6.45, 7) is 4.03. The van der Waals surface area contributed by atoms with Gasteiger partial charge in [-0.05, 0) is 39.3 Å². The fourth-order valence-electron chi connectivity index (χ4n) is 3.71. The van der Waals surface area contributed by atoms with E-state index in [1.54, 1.807) is 6.92 Å². The first-order chi connectivity index (χ1) is 12.2. The number of carbonyl (C=O) groups excluding carboxylic acids is 4. The summed E-state index contributed by atoms with van der Waals surface area (Å²) in [5, 5.41) is 2.66. The Labute approximate surface area is 153 Å². The molecule has 9 nitrogen and oxygen atoms in total. The van der Waals surface area contributed by atoms with Crippen LogP contribution in [-0.4, -0.2) is 77.3 Å². The minimum Gasteiger partial charge on any atom is -0.368 e. The molecular weight excluding hydrogens is 338 g/mol. The third-order valence-electron chi connectivity index (χ3n) is 5.10. The second-order valence-corrected chi connectivity index (χ2v) is 7.41. The molecule has 2 heterocycles. The molecule has 0 aromatic heterocycles. The van der Waals surface area contributed by atoms with E-state index in [9.17, 15) is 19.2 Å². The van der Waals surface area contributed by atoms with Crippen molar-refractivity contribution < 1.29 is 19.2 Å². The maximum Gasteiger partial charge on any atom is 0.324 e. The molecule has 5 amide bonds. The van der Waals surface area contributed by atoms with Crippen LogP contribution in [0.2, 0.25) is 0 Å². The second kappa shape index (κ2) is 8.03. The van der Waals surface area contributed by atoms with Gasteiger partial charge in [0.25, 0.3) is 0 Å². The Bertz CT molecular complexity index is 594. The van der Waals surface area contributed by atoms with Crippen LogP contribution in [0.4, 0.5) is 4.79 Å². The molecule has 2 aliphatic rings. The van der Waals surface area contributed by atoms with Crippen molar-refractivity contribution in [3.8, 4) is 0 Å². The third kappa shape index (κ3) is 3.98. The molecule has 0 radical (unpaired) electrons. The summed E-state index contributed by atoms with van der Waals surface area (Å²) in [6, 6.07) is -2.06. The molecule has 26 heavy (non-hydrogen) atoms. The molecule has 0 saturated carbocycles. The number of rotatable bonds is 5. The minimum atomic E-state index is -0.811. The number of hydrogen-bond acceptors (Lipinski definition) is 5. The highest BCUT2D eigenvalue weighted by Gasteiger charge is 2.43. The van der Waals surface area contributed by atoms with Gasteiger partial charge in [0.15, 0.2) is 0 Å². The van der Waals surface area contributed by atoms with Crippen LogP contribution in [-0.2, 0) is 14.4 Å². The van der Waals surface area contributed by atoms with Gasteiger partial charge < -0.3 is 16.0 Å². The van der Waals surface area contributed by atoms with Crippen LogP contribution in [0, 0.1) is 5.92 Å². The van der Waals surface area contributed by atoms with Gasteiger partial charge in [-0.15, -0.1) is 0 Å². The molecule has 4 atom stereocenters. The van der Waals surface area contributed by atoms with Gasteiger partial charge in [-0.3, -0.25) is 24.2 Å². The van der Waals surface area contributed by atoms with E-state index < -0.39 is 24.0 Å². The lowest BCUT2D eigenvalue weighted by molar-refractivity contribution is -0.143.